The van der Waals surface area contributed by atoms with Crippen LogP contribution in [-0.4, -0.2) is 16.1 Å². The van der Waals surface area contributed by atoms with E-state index in [0.29, 0.717) is 22.2 Å². The van der Waals surface area contributed by atoms with E-state index in [-0.39, 0.29) is 11.5 Å². The van der Waals surface area contributed by atoms with Gasteiger partial charge in [0.15, 0.2) is 0 Å². The quantitative estimate of drug-likeness (QED) is 0.534. The smallest absolute Gasteiger partial charge is 0.337 e. The maximum Gasteiger partial charge on any atom is 0.337 e. The molecule has 0 bridgehead atoms. The van der Waals surface area contributed by atoms with Crippen LogP contribution in [0, 0.1) is 0 Å². The van der Waals surface area contributed by atoms with Crippen molar-refractivity contribution in [1.29, 1.82) is 0 Å². The van der Waals surface area contributed by atoms with E-state index in [1.54, 1.807) is 24.3 Å². The fraction of sp³-hybridized carbons (Fsp3) is 0.182. The van der Waals surface area contributed by atoms with Crippen LogP contribution in [0.2, 0.25) is 10.0 Å². The van der Waals surface area contributed by atoms with Crippen LogP contribution in [-0.2, 0) is 6.42 Å². The van der Waals surface area contributed by atoms with E-state index in [2.05, 4.69) is 0 Å². The Morgan fingerprint density at radius 1 is 1.04 bits per heavy atom. The topological polar surface area (TPSA) is 50.2 Å². The minimum absolute atomic E-state index is 0.130. The lowest BCUT2D eigenvalue weighted by Gasteiger charge is -2.17. The zero-order valence-electron chi connectivity index (χ0n) is 15.0. The molecule has 0 saturated carbocycles. The number of carboxylic acid groups (broad SMARTS) is 1. The van der Waals surface area contributed by atoms with E-state index in [0.717, 1.165) is 22.4 Å². The average Bonchev–Trinajstić information content (AvgIpc) is 2.63. The molecule has 1 heterocycles. The van der Waals surface area contributed by atoms with Crippen molar-refractivity contribution in [2.24, 2.45) is 0 Å². The summed E-state index contributed by atoms with van der Waals surface area (Å²) in [5, 5.41) is 11.0. The average molecular weight is 400 g/mol. The molecule has 3 nitrogen and oxygen atoms in total. The molecule has 0 unspecified atom stereocenters. The van der Waals surface area contributed by atoms with Crippen LogP contribution in [0.4, 0.5) is 0 Å². The lowest BCUT2D eigenvalue weighted by atomic mass is 9.93. The summed E-state index contributed by atoms with van der Waals surface area (Å²) in [5.74, 6) is -0.865. The van der Waals surface area contributed by atoms with Crippen LogP contribution in [0.3, 0.4) is 0 Å². The monoisotopic (exact) mass is 399 g/mol. The van der Waals surface area contributed by atoms with Gasteiger partial charge in [-0.1, -0.05) is 61.3 Å². The minimum Gasteiger partial charge on any atom is -0.478 e. The molecule has 1 N–H and O–H groups in total. The lowest BCUT2D eigenvalue weighted by Crippen LogP contribution is -2.10. The molecule has 3 rings (SSSR count). The highest BCUT2D eigenvalue weighted by atomic mass is 35.5. The number of hydrogen-bond donors (Lipinski definition) is 1. The molecule has 3 aromatic rings. The zero-order chi connectivity index (χ0) is 19.6. The van der Waals surface area contributed by atoms with Crippen molar-refractivity contribution in [1.82, 2.24) is 4.98 Å². The normalized spacial score (nSPS) is 11.0. The van der Waals surface area contributed by atoms with Crippen LogP contribution in [0.1, 0.15) is 47.1 Å². The molecular weight excluding hydrogens is 381 g/mol. The molecule has 0 radical (unpaired) electrons. The van der Waals surface area contributed by atoms with Gasteiger partial charge in [-0.15, -0.1) is 0 Å². The Morgan fingerprint density at radius 3 is 2.33 bits per heavy atom. The molecule has 1 aromatic heterocycles. The predicted octanol–water partition coefficient (Wildman–Crippen LogP) is 6.47. The third-order valence-electron chi connectivity index (χ3n) is 4.33. The van der Waals surface area contributed by atoms with Crippen LogP contribution in [0.5, 0.6) is 0 Å². The Bertz CT molecular complexity index is 982. The van der Waals surface area contributed by atoms with Crippen molar-refractivity contribution >= 4 is 29.2 Å². The molecule has 2 aromatic carbocycles. The molecule has 0 aliphatic heterocycles. The first-order valence-electron chi connectivity index (χ1n) is 8.62. The van der Waals surface area contributed by atoms with Gasteiger partial charge in [0.05, 0.1) is 17.0 Å². The molecule has 138 valence electrons. The second kappa shape index (κ2) is 8.12. The number of halogens is 2. The van der Waals surface area contributed by atoms with E-state index in [1.165, 1.54) is 0 Å². The minimum atomic E-state index is -0.995. The fourth-order valence-electron chi connectivity index (χ4n) is 3.01. The SMILES string of the molecule is CC(C)c1nc(Cc2ccc(Cl)cc2)c(C(=O)O)cc1-c1cccc(Cl)c1. The van der Waals surface area contributed by atoms with E-state index in [4.69, 9.17) is 28.2 Å². The van der Waals surface area contributed by atoms with Crippen LogP contribution in [0.15, 0.2) is 54.6 Å². The molecule has 0 aliphatic carbocycles. The molecule has 0 amide bonds. The number of benzene rings is 2. The van der Waals surface area contributed by atoms with E-state index in [1.807, 2.05) is 44.2 Å². The Hall–Kier alpha value is -2.36. The van der Waals surface area contributed by atoms with Gasteiger partial charge in [0.25, 0.3) is 0 Å². The lowest BCUT2D eigenvalue weighted by molar-refractivity contribution is 0.0695. The predicted molar refractivity (Wildman–Crippen MR) is 110 cm³/mol. The first kappa shape index (κ1) is 19.4. The number of nitrogens with zero attached hydrogens (tertiary/aromatic N) is 1. The number of rotatable bonds is 5. The van der Waals surface area contributed by atoms with Gasteiger partial charge in [-0.05, 0) is 47.4 Å². The number of aromatic carboxylic acids is 1. The largest absolute Gasteiger partial charge is 0.478 e. The van der Waals surface area contributed by atoms with E-state index >= 15 is 0 Å². The molecule has 0 fully saturated rings. The molecule has 0 saturated heterocycles. The Balaban J connectivity index is 2.15. The van der Waals surface area contributed by atoms with Gasteiger partial charge >= 0.3 is 5.97 Å². The van der Waals surface area contributed by atoms with Crippen molar-refractivity contribution in [3.63, 3.8) is 0 Å². The summed E-state index contributed by atoms with van der Waals surface area (Å²) in [4.78, 5) is 16.7. The van der Waals surface area contributed by atoms with Gasteiger partial charge in [-0.2, -0.15) is 0 Å². The summed E-state index contributed by atoms with van der Waals surface area (Å²) in [6, 6.07) is 16.5. The van der Waals surface area contributed by atoms with Crippen molar-refractivity contribution in [3.8, 4) is 11.1 Å². The van der Waals surface area contributed by atoms with Gasteiger partial charge in [0.1, 0.15) is 0 Å². The fourth-order valence-corrected chi connectivity index (χ4v) is 3.33. The van der Waals surface area contributed by atoms with Gasteiger partial charge < -0.3 is 5.11 Å². The van der Waals surface area contributed by atoms with Crippen LogP contribution < -0.4 is 0 Å². The van der Waals surface area contributed by atoms with Crippen molar-refractivity contribution in [2.75, 3.05) is 0 Å². The second-order valence-electron chi connectivity index (χ2n) is 6.69. The summed E-state index contributed by atoms with van der Waals surface area (Å²) < 4.78 is 0. The number of carbonyl (C=O) groups is 1. The molecule has 5 heteroatoms. The first-order valence-corrected chi connectivity index (χ1v) is 9.38. The number of pyridine rings is 1. The third-order valence-corrected chi connectivity index (χ3v) is 4.82. The third kappa shape index (κ3) is 4.49. The highest BCUT2D eigenvalue weighted by Gasteiger charge is 2.19. The number of carboxylic acids is 1. The van der Waals surface area contributed by atoms with Crippen LogP contribution >= 0.6 is 23.2 Å². The maximum absolute atomic E-state index is 11.9. The van der Waals surface area contributed by atoms with E-state index < -0.39 is 5.97 Å². The van der Waals surface area contributed by atoms with Crippen molar-refractivity contribution < 1.29 is 9.90 Å². The molecule has 0 atom stereocenters. The van der Waals surface area contributed by atoms with Gasteiger partial charge in [-0.25, -0.2) is 4.79 Å². The molecule has 0 aliphatic rings. The van der Waals surface area contributed by atoms with Gasteiger partial charge in [0.2, 0.25) is 0 Å². The highest BCUT2D eigenvalue weighted by Crippen LogP contribution is 2.32. The molecule has 0 spiro atoms. The molecular formula is C22H19Cl2NO2. The molecule has 27 heavy (non-hydrogen) atoms. The first-order chi connectivity index (χ1) is 12.8. The zero-order valence-corrected chi connectivity index (χ0v) is 16.6. The highest BCUT2D eigenvalue weighted by molar-refractivity contribution is 6.31. The van der Waals surface area contributed by atoms with Gasteiger partial charge in [0, 0.05) is 22.0 Å². The Morgan fingerprint density at radius 2 is 1.74 bits per heavy atom. The second-order valence-corrected chi connectivity index (χ2v) is 7.56. The number of aromatic nitrogens is 1. The van der Waals surface area contributed by atoms with Crippen LogP contribution in [0.25, 0.3) is 11.1 Å². The summed E-state index contributed by atoms with van der Waals surface area (Å²) in [6.07, 6.45) is 0.425. The maximum atomic E-state index is 11.9. The Kier molecular flexibility index (Phi) is 5.83. The summed E-state index contributed by atoms with van der Waals surface area (Å²) >= 11 is 12.1. The Labute approximate surface area is 168 Å². The van der Waals surface area contributed by atoms with Crippen molar-refractivity contribution in [3.05, 3.63) is 87.2 Å². The standard InChI is InChI=1S/C22H19Cl2NO2/c1-13(2)21-18(15-4-3-5-17(24)11-15)12-19(22(26)27)20(25-21)10-14-6-8-16(23)9-7-14/h3-9,11-13H,10H2,1-2H3,(H,26,27). The van der Waals surface area contributed by atoms with Gasteiger partial charge in [-0.3, -0.25) is 4.98 Å². The van der Waals surface area contributed by atoms with E-state index in [9.17, 15) is 9.90 Å². The summed E-state index contributed by atoms with van der Waals surface area (Å²) in [6.45, 7) is 4.09. The number of hydrogen-bond acceptors (Lipinski definition) is 2. The summed E-state index contributed by atoms with van der Waals surface area (Å²) in [5.41, 5.74) is 4.21. The summed E-state index contributed by atoms with van der Waals surface area (Å²) in [7, 11) is 0. The van der Waals surface area contributed by atoms with Crippen molar-refractivity contribution in [2.45, 2.75) is 26.2 Å².